The Kier molecular flexibility index (Phi) is 17.3. The third kappa shape index (κ3) is 15.1. The highest BCUT2D eigenvalue weighted by molar-refractivity contribution is 5.94. The van der Waals surface area contributed by atoms with Gasteiger partial charge in [-0.3, -0.25) is 9.59 Å². The van der Waals surface area contributed by atoms with Crippen LogP contribution in [0.4, 0.5) is 33.6 Å². The summed E-state index contributed by atoms with van der Waals surface area (Å²) in [6.07, 6.45) is 0. The van der Waals surface area contributed by atoms with Gasteiger partial charge in [0.25, 0.3) is 11.8 Å². The molecule has 0 aliphatic rings. The molecule has 0 aliphatic heterocycles. The number of hydrogen-bond acceptors (Lipinski definition) is 14. The summed E-state index contributed by atoms with van der Waals surface area (Å²) >= 11 is 0. The Morgan fingerprint density at radius 2 is 1.04 bits per heavy atom. The van der Waals surface area contributed by atoms with Crippen LogP contribution < -0.4 is 26.6 Å². The average molecular weight is 719 g/mol. The number of ether oxygens (including phenoxy) is 4. The Morgan fingerprint density at radius 1 is 0.577 bits per heavy atom. The summed E-state index contributed by atoms with van der Waals surface area (Å²) in [6, 6.07) is 21.5. The highest BCUT2D eigenvalue weighted by Crippen LogP contribution is 2.19. The molecule has 4 rings (SSSR count). The summed E-state index contributed by atoms with van der Waals surface area (Å²) < 4.78 is 35.3. The number of hydrogen-bond donors (Lipinski definition) is 6. The lowest BCUT2D eigenvalue weighted by molar-refractivity contribution is 0.0508. The second kappa shape index (κ2) is 23.0. The van der Waals surface area contributed by atoms with Crippen LogP contribution in [0.5, 0.6) is 0 Å². The van der Waals surface area contributed by atoms with Crippen LogP contribution in [-0.4, -0.2) is 106 Å². The van der Waals surface area contributed by atoms with Gasteiger partial charge < -0.3 is 45.5 Å². The van der Waals surface area contributed by atoms with Gasteiger partial charge in [0.05, 0.1) is 59.4 Å². The first-order valence-electron chi connectivity index (χ1n) is 16.7. The first-order chi connectivity index (χ1) is 25.5. The summed E-state index contributed by atoms with van der Waals surface area (Å²) in [6.45, 7) is 4.35. The van der Waals surface area contributed by atoms with Crippen LogP contribution in [-0.2, 0) is 18.9 Å². The Labute approximate surface area is 300 Å². The summed E-state index contributed by atoms with van der Waals surface area (Å²) in [7, 11) is 0. The molecule has 0 atom stereocenters. The van der Waals surface area contributed by atoms with E-state index < -0.39 is 0 Å². The number of benzene rings is 3. The standard InChI is InChI=1S/C35H43FN10O6/c36-28-8-12-30(13-9-28)43-35-45-33(40-16-20-51-23-22-49-18-14-38-31(47)26-4-2-1-3-5-26)44-34(46-35)42-29-10-6-27(7-11-29)32(48)39-15-19-50-24-25-52-21-17-41-37/h1-13,37H,14-25H2,(H,38,47)(H,39,48)(H3,40,42,43,44,45,46). The van der Waals surface area contributed by atoms with Crippen molar-refractivity contribution < 1.29 is 32.9 Å². The Hall–Kier alpha value is -5.62. The Morgan fingerprint density at radius 3 is 1.58 bits per heavy atom. The molecule has 0 saturated carbocycles. The molecule has 1 heterocycles. The minimum absolute atomic E-state index is 0.149. The van der Waals surface area contributed by atoms with E-state index in [0.29, 0.717) is 102 Å². The number of anilines is 5. The molecule has 276 valence electrons. The predicted molar refractivity (Wildman–Crippen MR) is 192 cm³/mol. The number of nitrogens with zero attached hydrogens (tertiary/aromatic N) is 4. The van der Waals surface area contributed by atoms with E-state index in [0.717, 1.165) is 0 Å². The second-order valence-electron chi connectivity index (χ2n) is 10.8. The number of aromatic nitrogens is 3. The van der Waals surface area contributed by atoms with Crippen molar-refractivity contribution in [3.8, 4) is 0 Å². The molecule has 0 unspecified atom stereocenters. The van der Waals surface area contributed by atoms with Crippen LogP contribution in [0.15, 0.2) is 84.0 Å². The van der Waals surface area contributed by atoms with Gasteiger partial charge in [-0.25, -0.2) is 9.92 Å². The fourth-order valence-electron chi connectivity index (χ4n) is 4.32. The smallest absolute Gasteiger partial charge is 0.251 e. The number of carbonyl (C=O) groups is 2. The number of carbonyl (C=O) groups excluding carboxylic acids is 2. The van der Waals surface area contributed by atoms with E-state index in [4.69, 9.17) is 24.5 Å². The normalized spacial score (nSPS) is 10.7. The SMILES string of the molecule is N=NCCOCCOCCNC(=O)c1ccc(Nc2nc(NCCOCCOCCNC(=O)c3ccccc3)nc(Nc3ccc(F)cc3)n2)cc1. The van der Waals surface area contributed by atoms with Crippen molar-refractivity contribution >= 4 is 41.0 Å². The number of rotatable bonds is 25. The maximum Gasteiger partial charge on any atom is 0.251 e. The molecule has 0 spiro atoms. The zero-order valence-corrected chi connectivity index (χ0v) is 28.6. The largest absolute Gasteiger partial charge is 0.377 e. The van der Waals surface area contributed by atoms with Crippen LogP contribution in [0, 0.1) is 11.3 Å². The molecule has 0 radical (unpaired) electrons. The molecule has 6 N–H and O–H groups in total. The van der Waals surface area contributed by atoms with Crippen molar-refractivity contribution in [1.29, 1.82) is 5.53 Å². The van der Waals surface area contributed by atoms with Gasteiger partial charge in [0.2, 0.25) is 17.8 Å². The molecule has 0 bridgehead atoms. The minimum Gasteiger partial charge on any atom is -0.377 e. The molecule has 0 saturated heterocycles. The summed E-state index contributed by atoms with van der Waals surface area (Å²) in [5, 5.41) is 18.1. The number of halogens is 1. The van der Waals surface area contributed by atoms with E-state index in [1.807, 2.05) is 18.2 Å². The van der Waals surface area contributed by atoms with Crippen LogP contribution >= 0.6 is 0 Å². The molecular formula is C35H43FN10O6. The van der Waals surface area contributed by atoms with Crippen LogP contribution in [0.25, 0.3) is 0 Å². The fraction of sp³-hybridized carbons (Fsp3) is 0.343. The predicted octanol–water partition coefficient (Wildman–Crippen LogP) is 4.17. The van der Waals surface area contributed by atoms with E-state index in [1.165, 1.54) is 12.1 Å². The monoisotopic (exact) mass is 718 g/mol. The van der Waals surface area contributed by atoms with Gasteiger partial charge in [0.1, 0.15) is 5.82 Å². The fourth-order valence-corrected chi connectivity index (χ4v) is 4.32. The van der Waals surface area contributed by atoms with Gasteiger partial charge in [-0.2, -0.15) is 20.1 Å². The molecule has 1 aromatic heterocycles. The van der Waals surface area contributed by atoms with Crippen molar-refractivity contribution in [3.05, 3.63) is 95.8 Å². The molecule has 2 amide bonds. The van der Waals surface area contributed by atoms with Gasteiger partial charge >= 0.3 is 0 Å². The number of amides is 2. The molecule has 0 aliphatic carbocycles. The number of nitrogens with one attached hydrogen (secondary N) is 6. The van der Waals surface area contributed by atoms with E-state index in [-0.39, 0.29) is 35.5 Å². The summed E-state index contributed by atoms with van der Waals surface area (Å²) in [4.78, 5) is 37.9. The highest BCUT2D eigenvalue weighted by atomic mass is 19.1. The Bertz CT molecular complexity index is 1650. The lowest BCUT2D eigenvalue weighted by atomic mass is 10.2. The molecule has 0 fully saturated rings. The zero-order valence-electron chi connectivity index (χ0n) is 28.6. The summed E-state index contributed by atoms with van der Waals surface area (Å²) in [5.74, 6) is -0.0566. The van der Waals surface area contributed by atoms with Crippen LogP contribution in [0.1, 0.15) is 20.7 Å². The van der Waals surface area contributed by atoms with Crippen LogP contribution in [0.3, 0.4) is 0 Å². The Balaban J connectivity index is 1.20. The average Bonchev–Trinajstić information content (AvgIpc) is 3.16. The van der Waals surface area contributed by atoms with Gasteiger partial charge in [-0.15, -0.1) is 0 Å². The van der Waals surface area contributed by atoms with Gasteiger partial charge in [-0.05, 0) is 60.7 Å². The quantitative estimate of drug-likeness (QED) is 0.0422. The highest BCUT2D eigenvalue weighted by Gasteiger charge is 2.10. The van der Waals surface area contributed by atoms with E-state index in [9.17, 15) is 14.0 Å². The van der Waals surface area contributed by atoms with Crippen molar-refractivity contribution in [2.75, 3.05) is 95.0 Å². The van der Waals surface area contributed by atoms with Gasteiger partial charge in [0.15, 0.2) is 0 Å². The third-order valence-corrected chi connectivity index (χ3v) is 6.86. The molecule has 3 aromatic carbocycles. The van der Waals surface area contributed by atoms with Crippen molar-refractivity contribution in [2.24, 2.45) is 5.11 Å². The molecular weight excluding hydrogens is 675 g/mol. The lowest BCUT2D eigenvalue weighted by Crippen LogP contribution is -2.27. The molecule has 17 heteroatoms. The maximum absolute atomic E-state index is 13.5. The van der Waals surface area contributed by atoms with Gasteiger partial charge in [-0.1, -0.05) is 18.2 Å². The van der Waals surface area contributed by atoms with Crippen molar-refractivity contribution in [2.45, 2.75) is 0 Å². The minimum atomic E-state index is -0.369. The topological polar surface area (TPSA) is 206 Å². The van der Waals surface area contributed by atoms with E-state index >= 15 is 0 Å². The second-order valence-corrected chi connectivity index (χ2v) is 10.8. The first kappa shape index (κ1) is 39.2. The lowest BCUT2D eigenvalue weighted by Gasteiger charge is -2.12. The third-order valence-electron chi connectivity index (χ3n) is 6.86. The maximum atomic E-state index is 13.5. The zero-order chi connectivity index (χ0) is 36.6. The summed E-state index contributed by atoms with van der Waals surface area (Å²) in [5.41, 5.74) is 8.98. The first-order valence-corrected chi connectivity index (χ1v) is 16.7. The van der Waals surface area contributed by atoms with Crippen LogP contribution in [0.2, 0.25) is 0 Å². The van der Waals surface area contributed by atoms with Gasteiger partial charge in [0, 0.05) is 42.1 Å². The molecule has 52 heavy (non-hydrogen) atoms. The molecule has 16 nitrogen and oxygen atoms in total. The van der Waals surface area contributed by atoms with E-state index in [1.54, 1.807) is 48.5 Å². The van der Waals surface area contributed by atoms with Crippen molar-refractivity contribution in [1.82, 2.24) is 25.6 Å². The molecule has 4 aromatic rings. The van der Waals surface area contributed by atoms with Crippen molar-refractivity contribution in [3.63, 3.8) is 0 Å². The van der Waals surface area contributed by atoms with E-state index in [2.05, 4.69) is 46.7 Å².